The molecule has 0 atom stereocenters. The van der Waals surface area contributed by atoms with Gasteiger partial charge in [0.05, 0.1) is 5.56 Å². The van der Waals surface area contributed by atoms with Crippen LogP contribution in [0.2, 0.25) is 10.0 Å². The van der Waals surface area contributed by atoms with Crippen molar-refractivity contribution in [2.24, 2.45) is 0 Å². The number of carbonyl (C=O) groups excluding carboxylic acids is 1. The minimum Gasteiger partial charge on any atom is -0.489 e. The normalized spacial score (nSPS) is 14.2. The SMILES string of the molecule is CC(C)=CCOc1ccc2c(c1C)O/C(=C\c1ccc(Cl)cc1Cl)C2=O. The Bertz CT molecular complexity index is 939. The zero-order valence-electron chi connectivity index (χ0n) is 14.7. The first kappa shape index (κ1) is 18.6. The van der Waals surface area contributed by atoms with E-state index < -0.39 is 0 Å². The fourth-order valence-corrected chi connectivity index (χ4v) is 3.05. The van der Waals surface area contributed by atoms with Crippen molar-refractivity contribution in [3.05, 3.63) is 74.5 Å². The third-order valence-electron chi connectivity index (χ3n) is 4.02. The summed E-state index contributed by atoms with van der Waals surface area (Å²) in [6, 6.07) is 8.62. The van der Waals surface area contributed by atoms with Crippen LogP contribution in [0, 0.1) is 6.92 Å². The molecule has 0 N–H and O–H groups in total. The lowest BCUT2D eigenvalue weighted by Crippen LogP contribution is -1.98. The molecule has 3 rings (SSSR count). The van der Waals surface area contributed by atoms with E-state index in [1.165, 1.54) is 5.57 Å². The molecular formula is C21H18Cl2O3. The number of hydrogen-bond acceptors (Lipinski definition) is 3. The van der Waals surface area contributed by atoms with Crippen molar-refractivity contribution in [3.63, 3.8) is 0 Å². The van der Waals surface area contributed by atoms with Gasteiger partial charge in [-0.2, -0.15) is 0 Å². The highest BCUT2D eigenvalue weighted by Crippen LogP contribution is 2.39. The summed E-state index contributed by atoms with van der Waals surface area (Å²) in [7, 11) is 0. The van der Waals surface area contributed by atoms with E-state index in [0.717, 1.165) is 5.56 Å². The molecule has 0 saturated carbocycles. The number of benzene rings is 2. The molecule has 0 spiro atoms. The second-order valence-corrected chi connectivity index (χ2v) is 7.11. The number of ketones is 1. The van der Waals surface area contributed by atoms with Gasteiger partial charge in [-0.1, -0.05) is 34.8 Å². The molecule has 0 amide bonds. The highest BCUT2D eigenvalue weighted by molar-refractivity contribution is 6.35. The maximum Gasteiger partial charge on any atom is 0.231 e. The van der Waals surface area contributed by atoms with E-state index in [4.69, 9.17) is 32.7 Å². The smallest absolute Gasteiger partial charge is 0.231 e. The summed E-state index contributed by atoms with van der Waals surface area (Å²) in [6.45, 7) is 6.38. The third kappa shape index (κ3) is 3.79. The van der Waals surface area contributed by atoms with Crippen LogP contribution >= 0.6 is 23.2 Å². The largest absolute Gasteiger partial charge is 0.489 e. The van der Waals surface area contributed by atoms with Crippen molar-refractivity contribution in [2.75, 3.05) is 6.61 Å². The molecule has 0 bridgehead atoms. The highest BCUT2D eigenvalue weighted by atomic mass is 35.5. The average molecular weight is 389 g/mol. The number of allylic oxidation sites excluding steroid dienone is 2. The molecule has 1 aliphatic heterocycles. The molecule has 0 aromatic heterocycles. The molecule has 0 aliphatic carbocycles. The summed E-state index contributed by atoms with van der Waals surface area (Å²) in [6.07, 6.45) is 3.62. The lowest BCUT2D eigenvalue weighted by molar-refractivity contribution is 0.101. The van der Waals surface area contributed by atoms with Crippen molar-refractivity contribution in [1.29, 1.82) is 0 Å². The Morgan fingerprint density at radius 2 is 1.96 bits per heavy atom. The van der Waals surface area contributed by atoms with Gasteiger partial charge < -0.3 is 9.47 Å². The maximum atomic E-state index is 12.6. The van der Waals surface area contributed by atoms with Crippen molar-refractivity contribution in [1.82, 2.24) is 0 Å². The summed E-state index contributed by atoms with van der Waals surface area (Å²) >= 11 is 12.1. The van der Waals surface area contributed by atoms with Crippen LogP contribution < -0.4 is 9.47 Å². The first-order valence-electron chi connectivity index (χ1n) is 8.16. The van der Waals surface area contributed by atoms with Crippen molar-refractivity contribution in [3.8, 4) is 11.5 Å². The van der Waals surface area contributed by atoms with Gasteiger partial charge in [-0.3, -0.25) is 4.79 Å². The second kappa shape index (κ2) is 7.56. The second-order valence-electron chi connectivity index (χ2n) is 6.26. The molecule has 0 radical (unpaired) electrons. The fourth-order valence-electron chi connectivity index (χ4n) is 2.58. The number of halogens is 2. The first-order chi connectivity index (χ1) is 12.4. The predicted molar refractivity (Wildman–Crippen MR) is 106 cm³/mol. The minimum atomic E-state index is -0.176. The van der Waals surface area contributed by atoms with Crippen LogP contribution in [0.1, 0.15) is 35.3 Å². The summed E-state index contributed by atoms with van der Waals surface area (Å²) < 4.78 is 11.6. The van der Waals surface area contributed by atoms with Gasteiger partial charge in [0, 0.05) is 15.6 Å². The van der Waals surface area contributed by atoms with Gasteiger partial charge in [0.25, 0.3) is 0 Å². The molecule has 1 heterocycles. The topological polar surface area (TPSA) is 35.5 Å². The number of ether oxygens (including phenoxy) is 2. The number of Topliss-reactive ketones (excluding diaryl/α,β-unsaturated/α-hetero) is 1. The Kier molecular flexibility index (Phi) is 5.40. The van der Waals surface area contributed by atoms with E-state index in [2.05, 4.69) is 0 Å². The van der Waals surface area contributed by atoms with Gasteiger partial charge in [-0.15, -0.1) is 0 Å². The van der Waals surface area contributed by atoms with Crippen molar-refractivity contribution >= 4 is 35.1 Å². The average Bonchev–Trinajstić information content (AvgIpc) is 2.89. The molecule has 2 aromatic carbocycles. The third-order valence-corrected chi connectivity index (χ3v) is 4.58. The Balaban J connectivity index is 1.90. The number of rotatable bonds is 4. The quantitative estimate of drug-likeness (QED) is 0.457. The zero-order chi connectivity index (χ0) is 18.8. The molecule has 0 unspecified atom stereocenters. The molecular weight excluding hydrogens is 371 g/mol. The van der Waals surface area contributed by atoms with Gasteiger partial charge in [0.2, 0.25) is 5.78 Å². The number of hydrogen-bond donors (Lipinski definition) is 0. The standard InChI is InChI=1S/C21H18Cl2O3/c1-12(2)8-9-25-18-7-6-16-20(24)19(26-21(16)13(18)3)10-14-4-5-15(22)11-17(14)23/h4-8,10-11H,9H2,1-3H3/b19-10-. The van der Waals surface area contributed by atoms with Gasteiger partial charge in [-0.05, 0) is 62.8 Å². The van der Waals surface area contributed by atoms with E-state index >= 15 is 0 Å². The molecule has 0 fully saturated rings. The highest BCUT2D eigenvalue weighted by Gasteiger charge is 2.30. The first-order valence-corrected chi connectivity index (χ1v) is 8.91. The summed E-state index contributed by atoms with van der Waals surface area (Å²) in [4.78, 5) is 12.6. The van der Waals surface area contributed by atoms with Crippen LogP contribution in [0.25, 0.3) is 6.08 Å². The van der Waals surface area contributed by atoms with Gasteiger partial charge >= 0.3 is 0 Å². The van der Waals surface area contributed by atoms with E-state index in [9.17, 15) is 4.79 Å². The Labute approximate surface area is 162 Å². The van der Waals surface area contributed by atoms with Crippen LogP contribution in [0.4, 0.5) is 0 Å². The van der Waals surface area contributed by atoms with Crippen molar-refractivity contribution < 1.29 is 14.3 Å². The van der Waals surface area contributed by atoms with Gasteiger partial charge in [0.15, 0.2) is 5.76 Å². The van der Waals surface area contributed by atoms with Crippen molar-refractivity contribution in [2.45, 2.75) is 20.8 Å². The minimum absolute atomic E-state index is 0.176. The lowest BCUT2D eigenvalue weighted by Gasteiger charge is -2.10. The fraction of sp³-hybridized carbons (Fsp3) is 0.190. The van der Waals surface area contributed by atoms with Crippen LogP contribution in [0.5, 0.6) is 11.5 Å². The molecule has 26 heavy (non-hydrogen) atoms. The van der Waals surface area contributed by atoms with E-state index in [1.807, 2.05) is 26.8 Å². The summed E-state index contributed by atoms with van der Waals surface area (Å²) in [5.41, 5.74) is 3.17. The number of carbonyl (C=O) groups is 1. The Morgan fingerprint density at radius 3 is 2.65 bits per heavy atom. The molecule has 0 saturated heterocycles. The number of fused-ring (bicyclic) bond motifs is 1. The van der Waals surface area contributed by atoms with Crippen LogP contribution in [0.3, 0.4) is 0 Å². The van der Waals surface area contributed by atoms with Gasteiger partial charge in [0.1, 0.15) is 18.1 Å². The summed E-state index contributed by atoms with van der Waals surface area (Å²) in [5, 5.41) is 0.993. The molecule has 134 valence electrons. The lowest BCUT2D eigenvalue weighted by atomic mass is 10.1. The van der Waals surface area contributed by atoms with Crippen LogP contribution in [-0.2, 0) is 0 Å². The predicted octanol–water partition coefficient (Wildman–Crippen LogP) is 6.26. The van der Waals surface area contributed by atoms with Gasteiger partial charge in [-0.25, -0.2) is 0 Å². The van der Waals surface area contributed by atoms with Crippen LogP contribution in [-0.4, -0.2) is 12.4 Å². The van der Waals surface area contributed by atoms with E-state index in [1.54, 1.807) is 36.4 Å². The monoisotopic (exact) mass is 388 g/mol. The molecule has 1 aliphatic rings. The van der Waals surface area contributed by atoms with E-state index in [-0.39, 0.29) is 11.5 Å². The molecule has 3 nitrogen and oxygen atoms in total. The Morgan fingerprint density at radius 1 is 1.19 bits per heavy atom. The van der Waals surface area contributed by atoms with Crippen LogP contribution in [0.15, 0.2) is 47.7 Å². The van der Waals surface area contributed by atoms with E-state index in [0.29, 0.717) is 39.3 Å². The zero-order valence-corrected chi connectivity index (χ0v) is 16.2. The molecule has 2 aromatic rings. The molecule has 5 heteroatoms. The summed E-state index contributed by atoms with van der Waals surface area (Å²) in [5.74, 6) is 1.28. The Hall–Kier alpha value is -2.23. The maximum absolute atomic E-state index is 12.6.